The van der Waals surface area contributed by atoms with Crippen LogP contribution in [-0.2, 0) is 0 Å². The Hall–Kier alpha value is -1.91. The summed E-state index contributed by atoms with van der Waals surface area (Å²) in [6.07, 6.45) is 0. The third-order valence-corrected chi connectivity index (χ3v) is 2.35. The maximum atomic E-state index is 13.2. The smallest absolute Gasteiger partial charge is 0.322 e. The van der Waals surface area contributed by atoms with Gasteiger partial charge in [0.15, 0.2) is 0 Å². The van der Waals surface area contributed by atoms with Crippen LogP contribution < -0.4 is 5.32 Å². The van der Waals surface area contributed by atoms with Crippen LogP contribution in [0.15, 0.2) is 22.7 Å². The summed E-state index contributed by atoms with van der Waals surface area (Å²) in [5, 5.41) is 6.93. The van der Waals surface area contributed by atoms with Gasteiger partial charge in [0.05, 0.1) is 0 Å². The molecule has 0 amide bonds. The highest BCUT2D eigenvalue weighted by molar-refractivity contribution is 5.60. The average Bonchev–Trinajstić information content (AvgIpc) is 2.67. The molecule has 0 fully saturated rings. The molecule has 5 heteroatoms. The SMILES string of the molecule is Cc1ccc(F)cc1-c1noc(NC(C)(C)C)n1. The molecule has 0 aliphatic rings. The quantitative estimate of drug-likeness (QED) is 0.886. The summed E-state index contributed by atoms with van der Waals surface area (Å²) in [6, 6.07) is 4.84. The first-order chi connectivity index (χ1) is 8.35. The summed E-state index contributed by atoms with van der Waals surface area (Å²) in [6.45, 7) is 7.85. The first kappa shape index (κ1) is 12.5. The molecule has 2 rings (SSSR count). The molecule has 0 atom stereocenters. The van der Waals surface area contributed by atoms with Crippen molar-refractivity contribution in [1.29, 1.82) is 0 Å². The second-order valence-corrected chi connectivity index (χ2v) is 5.26. The van der Waals surface area contributed by atoms with Crippen LogP contribution >= 0.6 is 0 Å². The van der Waals surface area contributed by atoms with Crippen molar-refractivity contribution in [3.63, 3.8) is 0 Å². The maximum Gasteiger partial charge on any atom is 0.322 e. The molecule has 0 saturated heterocycles. The number of hydrogen-bond acceptors (Lipinski definition) is 4. The molecule has 1 aromatic heterocycles. The van der Waals surface area contributed by atoms with Crippen molar-refractivity contribution in [2.45, 2.75) is 33.2 Å². The van der Waals surface area contributed by atoms with Crippen molar-refractivity contribution in [3.8, 4) is 11.4 Å². The van der Waals surface area contributed by atoms with Crippen LogP contribution in [0.3, 0.4) is 0 Å². The van der Waals surface area contributed by atoms with Crippen LogP contribution in [-0.4, -0.2) is 15.7 Å². The Morgan fingerprint density at radius 1 is 1.28 bits per heavy atom. The Kier molecular flexibility index (Phi) is 3.07. The second-order valence-electron chi connectivity index (χ2n) is 5.26. The molecule has 0 bridgehead atoms. The van der Waals surface area contributed by atoms with Crippen LogP contribution in [0.1, 0.15) is 26.3 Å². The fourth-order valence-electron chi connectivity index (χ4n) is 1.54. The van der Waals surface area contributed by atoms with E-state index in [2.05, 4.69) is 15.5 Å². The van der Waals surface area contributed by atoms with Gasteiger partial charge in [-0.3, -0.25) is 0 Å². The molecule has 1 aromatic carbocycles. The zero-order valence-electron chi connectivity index (χ0n) is 10.9. The van der Waals surface area contributed by atoms with Gasteiger partial charge in [0.1, 0.15) is 5.82 Å². The monoisotopic (exact) mass is 249 g/mol. The van der Waals surface area contributed by atoms with Crippen LogP contribution in [0.4, 0.5) is 10.4 Å². The number of halogens is 1. The minimum atomic E-state index is -0.314. The minimum Gasteiger partial charge on any atom is -0.333 e. The van der Waals surface area contributed by atoms with Crippen molar-refractivity contribution in [1.82, 2.24) is 10.1 Å². The van der Waals surface area contributed by atoms with Gasteiger partial charge in [0.25, 0.3) is 0 Å². The summed E-state index contributed by atoms with van der Waals surface area (Å²) < 4.78 is 18.3. The van der Waals surface area contributed by atoms with E-state index in [-0.39, 0.29) is 11.4 Å². The summed E-state index contributed by atoms with van der Waals surface area (Å²) >= 11 is 0. The van der Waals surface area contributed by atoms with Crippen LogP contribution in [0, 0.1) is 12.7 Å². The first-order valence-corrected chi connectivity index (χ1v) is 5.73. The molecule has 1 heterocycles. The lowest BCUT2D eigenvalue weighted by atomic mass is 10.1. The second kappa shape index (κ2) is 4.40. The van der Waals surface area contributed by atoms with E-state index in [1.807, 2.05) is 27.7 Å². The highest BCUT2D eigenvalue weighted by Gasteiger charge is 2.16. The fourth-order valence-corrected chi connectivity index (χ4v) is 1.54. The molecule has 18 heavy (non-hydrogen) atoms. The van der Waals surface area contributed by atoms with E-state index in [1.54, 1.807) is 6.07 Å². The molecule has 0 saturated carbocycles. The number of nitrogens with zero attached hydrogens (tertiary/aromatic N) is 2. The third kappa shape index (κ3) is 2.85. The largest absolute Gasteiger partial charge is 0.333 e. The average molecular weight is 249 g/mol. The third-order valence-electron chi connectivity index (χ3n) is 2.35. The number of benzene rings is 1. The fraction of sp³-hybridized carbons (Fsp3) is 0.385. The van der Waals surface area contributed by atoms with Crippen LogP contribution in [0.2, 0.25) is 0 Å². The van der Waals surface area contributed by atoms with Crippen molar-refractivity contribution in [3.05, 3.63) is 29.6 Å². The predicted octanol–water partition coefficient (Wildman–Crippen LogP) is 3.39. The van der Waals surface area contributed by atoms with E-state index in [0.29, 0.717) is 17.4 Å². The van der Waals surface area contributed by atoms with E-state index in [4.69, 9.17) is 4.52 Å². The zero-order valence-corrected chi connectivity index (χ0v) is 10.9. The number of hydrogen-bond donors (Lipinski definition) is 1. The summed E-state index contributed by atoms with van der Waals surface area (Å²) in [4.78, 5) is 4.21. The van der Waals surface area contributed by atoms with Crippen molar-refractivity contribution in [2.24, 2.45) is 0 Å². The zero-order chi connectivity index (χ0) is 13.3. The molecule has 0 aliphatic heterocycles. The lowest BCUT2D eigenvalue weighted by Crippen LogP contribution is -2.26. The number of nitrogens with one attached hydrogen (secondary N) is 1. The van der Waals surface area contributed by atoms with Crippen molar-refractivity contribution < 1.29 is 8.91 Å². The Morgan fingerprint density at radius 3 is 2.67 bits per heavy atom. The molecule has 0 spiro atoms. The Morgan fingerprint density at radius 2 is 2.00 bits per heavy atom. The highest BCUT2D eigenvalue weighted by atomic mass is 19.1. The predicted molar refractivity (Wildman–Crippen MR) is 67.8 cm³/mol. The van der Waals surface area contributed by atoms with E-state index in [9.17, 15) is 4.39 Å². The Balaban J connectivity index is 2.32. The number of rotatable bonds is 2. The van der Waals surface area contributed by atoms with E-state index >= 15 is 0 Å². The number of aromatic nitrogens is 2. The minimum absolute atomic E-state index is 0.166. The lowest BCUT2D eigenvalue weighted by Gasteiger charge is -2.17. The molecule has 4 nitrogen and oxygen atoms in total. The molecule has 1 N–H and O–H groups in total. The number of aryl methyl sites for hydroxylation is 1. The molecule has 96 valence electrons. The maximum absolute atomic E-state index is 13.2. The molecular weight excluding hydrogens is 233 g/mol. The van der Waals surface area contributed by atoms with Crippen LogP contribution in [0.5, 0.6) is 0 Å². The topological polar surface area (TPSA) is 51.0 Å². The van der Waals surface area contributed by atoms with Gasteiger partial charge < -0.3 is 9.84 Å². The molecular formula is C13H16FN3O. The van der Waals surface area contributed by atoms with Gasteiger partial charge in [0.2, 0.25) is 5.82 Å². The Bertz CT molecular complexity index is 558. The molecule has 0 radical (unpaired) electrons. The molecule has 0 unspecified atom stereocenters. The van der Waals surface area contributed by atoms with Gasteiger partial charge >= 0.3 is 6.01 Å². The normalized spacial score (nSPS) is 11.6. The highest BCUT2D eigenvalue weighted by Crippen LogP contribution is 2.23. The first-order valence-electron chi connectivity index (χ1n) is 5.73. The van der Waals surface area contributed by atoms with Gasteiger partial charge in [-0.2, -0.15) is 4.98 Å². The van der Waals surface area contributed by atoms with Gasteiger partial charge in [-0.25, -0.2) is 4.39 Å². The number of anilines is 1. The standard InChI is InChI=1S/C13H16FN3O/c1-8-5-6-9(14)7-10(8)11-15-12(18-17-11)16-13(2,3)4/h5-7H,1-4H3,(H,15,16,17). The summed E-state index contributed by atoms with van der Waals surface area (Å²) in [5.74, 6) is 0.0736. The molecule has 2 aromatic rings. The van der Waals surface area contributed by atoms with Gasteiger partial charge in [0, 0.05) is 11.1 Å². The van der Waals surface area contributed by atoms with Crippen molar-refractivity contribution in [2.75, 3.05) is 5.32 Å². The summed E-state index contributed by atoms with van der Waals surface area (Å²) in [7, 11) is 0. The Labute approximate surface area is 105 Å². The van der Waals surface area contributed by atoms with Crippen LogP contribution in [0.25, 0.3) is 11.4 Å². The van der Waals surface area contributed by atoms with Gasteiger partial charge in [-0.1, -0.05) is 11.2 Å². The lowest BCUT2D eigenvalue weighted by molar-refractivity contribution is 0.420. The molecule has 0 aliphatic carbocycles. The van der Waals surface area contributed by atoms with Crippen molar-refractivity contribution >= 4 is 6.01 Å². The van der Waals surface area contributed by atoms with Gasteiger partial charge in [-0.05, 0) is 45.4 Å². The summed E-state index contributed by atoms with van der Waals surface area (Å²) in [5.41, 5.74) is 1.38. The van der Waals surface area contributed by atoms with E-state index in [1.165, 1.54) is 12.1 Å². The van der Waals surface area contributed by atoms with E-state index in [0.717, 1.165) is 5.56 Å². The van der Waals surface area contributed by atoms with Gasteiger partial charge in [-0.15, -0.1) is 0 Å². The van der Waals surface area contributed by atoms with E-state index < -0.39 is 0 Å².